The summed E-state index contributed by atoms with van der Waals surface area (Å²) in [5, 5.41) is 0. The van der Waals surface area contributed by atoms with Gasteiger partial charge in [-0.05, 0) is 0 Å². The third kappa shape index (κ3) is 3.48. The van der Waals surface area contributed by atoms with E-state index in [0.717, 1.165) is 7.11 Å². The van der Waals surface area contributed by atoms with Crippen molar-refractivity contribution in [1.29, 1.82) is 0 Å². The molecule has 106 valence electrons. The van der Waals surface area contributed by atoms with E-state index in [1.807, 2.05) is 0 Å². The second-order valence-electron chi connectivity index (χ2n) is 3.04. The van der Waals surface area contributed by atoms with Crippen LogP contribution in [0.4, 0.5) is 26.3 Å². The van der Waals surface area contributed by atoms with Gasteiger partial charge in [-0.3, -0.25) is 0 Å². The molecule has 4 nitrogen and oxygen atoms in total. The van der Waals surface area contributed by atoms with E-state index in [-0.39, 0.29) is 0 Å². The molecule has 0 saturated heterocycles. The minimum atomic E-state index is -5.32. The minimum Gasteiger partial charge on any atom is -0.465 e. The van der Waals surface area contributed by atoms with Crippen molar-refractivity contribution >= 4 is 5.97 Å². The molecule has 0 N–H and O–H groups in total. The second kappa shape index (κ2) is 5.33. The van der Waals surface area contributed by atoms with E-state index in [4.69, 9.17) is 0 Å². The smallest absolute Gasteiger partial charge is 0.465 e. The summed E-state index contributed by atoms with van der Waals surface area (Å²) in [5.74, 6) is -4.89. The van der Waals surface area contributed by atoms with Gasteiger partial charge in [0.1, 0.15) is 11.1 Å². The maximum absolute atomic E-state index is 13.5. The molecular weight excluding hydrogens is 284 g/mol. The molecule has 0 aliphatic rings. The molecule has 19 heavy (non-hydrogen) atoms. The first-order valence-electron chi connectivity index (χ1n) is 4.48. The molecule has 0 amide bonds. The number of esters is 1. The molecule has 1 heterocycles. The number of rotatable bonds is 3. The zero-order chi connectivity index (χ0) is 14.8. The molecule has 0 atom stereocenters. The number of alkyl halides is 5. The lowest BCUT2D eigenvalue weighted by Crippen LogP contribution is -2.20. The van der Waals surface area contributed by atoms with Crippen LogP contribution in [0.25, 0.3) is 0 Å². The van der Waals surface area contributed by atoms with Crippen LogP contribution in [0.15, 0.2) is 6.20 Å². The van der Waals surface area contributed by atoms with Crippen LogP contribution in [0, 0.1) is 5.82 Å². The molecule has 1 aromatic heterocycles. The van der Waals surface area contributed by atoms with Crippen LogP contribution in [0.3, 0.4) is 0 Å². The average molecular weight is 289 g/mol. The van der Waals surface area contributed by atoms with E-state index in [0.29, 0.717) is 6.20 Å². The number of carbonyl (C=O) groups is 1. The number of ether oxygens (including phenoxy) is 2. The van der Waals surface area contributed by atoms with Gasteiger partial charge in [-0.15, -0.1) is 13.2 Å². The summed E-state index contributed by atoms with van der Waals surface area (Å²) in [6, 6.07) is 0. The molecule has 1 rings (SSSR count). The fourth-order valence-corrected chi connectivity index (χ4v) is 1.12. The lowest BCUT2D eigenvalue weighted by molar-refractivity contribution is -0.276. The van der Waals surface area contributed by atoms with Gasteiger partial charge in [0, 0.05) is 6.20 Å². The Morgan fingerprint density at radius 3 is 2.37 bits per heavy atom. The van der Waals surface area contributed by atoms with Gasteiger partial charge >= 0.3 is 12.3 Å². The van der Waals surface area contributed by atoms with Crippen LogP contribution >= 0.6 is 0 Å². The van der Waals surface area contributed by atoms with Crippen molar-refractivity contribution in [2.75, 3.05) is 7.11 Å². The molecule has 0 saturated carbocycles. The van der Waals surface area contributed by atoms with Crippen LogP contribution in [0.5, 0.6) is 5.88 Å². The standard InChI is InChI=1S/C9H5F6NO3/c1-18-8(17)3-2-16-7(19-9(13,14)15)4(5(3)10)6(11)12/h2,6H,1H3. The van der Waals surface area contributed by atoms with Crippen molar-refractivity contribution in [2.45, 2.75) is 12.8 Å². The van der Waals surface area contributed by atoms with Gasteiger partial charge in [0.25, 0.3) is 6.43 Å². The SMILES string of the molecule is COC(=O)c1cnc(OC(F)(F)F)c(C(F)F)c1F. The monoisotopic (exact) mass is 289 g/mol. The lowest BCUT2D eigenvalue weighted by Gasteiger charge is -2.13. The zero-order valence-electron chi connectivity index (χ0n) is 9.09. The molecule has 0 spiro atoms. The number of hydrogen-bond donors (Lipinski definition) is 0. The Morgan fingerprint density at radius 1 is 1.37 bits per heavy atom. The molecule has 0 aliphatic carbocycles. The molecule has 0 radical (unpaired) electrons. The Balaban J connectivity index is 3.36. The Labute approximate surface area is 101 Å². The third-order valence-electron chi connectivity index (χ3n) is 1.85. The topological polar surface area (TPSA) is 48.4 Å². The van der Waals surface area contributed by atoms with Gasteiger partial charge in [0.2, 0.25) is 5.88 Å². The summed E-state index contributed by atoms with van der Waals surface area (Å²) in [6.07, 6.45) is -8.67. The van der Waals surface area contributed by atoms with E-state index < -0.39 is 41.6 Å². The van der Waals surface area contributed by atoms with E-state index in [1.54, 1.807) is 0 Å². The molecule has 0 fully saturated rings. The maximum atomic E-state index is 13.5. The Bertz CT molecular complexity index is 488. The lowest BCUT2D eigenvalue weighted by atomic mass is 10.2. The number of pyridine rings is 1. The predicted molar refractivity (Wildman–Crippen MR) is 47.2 cm³/mol. The summed E-state index contributed by atoms with van der Waals surface area (Å²) in [6.45, 7) is 0. The average Bonchev–Trinajstić information content (AvgIpc) is 2.25. The van der Waals surface area contributed by atoms with Crippen molar-refractivity contribution < 1.29 is 40.6 Å². The summed E-state index contributed by atoms with van der Waals surface area (Å²) < 4.78 is 81.6. The molecule has 0 aromatic carbocycles. The quantitative estimate of drug-likeness (QED) is 0.634. The van der Waals surface area contributed by atoms with Crippen molar-refractivity contribution in [1.82, 2.24) is 4.98 Å². The first-order valence-corrected chi connectivity index (χ1v) is 4.48. The van der Waals surface area contributed by atoms with Gasteiger partial charge in [-0.25, -0.2) is 22.9 Å². The fraction of sp³-hybridized carbons (Fsp3) is 0.333. The highest BCUT2D eigenvalue weighted by Crippen LogP contribution is 2.34. The number of nitrogens with zero attached hydrogens (tertiary/aromatic N) is 1. The summed E-state index contributed by atoms with van der Waals surface area (Å²) in [7, 11) is 0.837. The number of hydrogen-bond acceptors (Lipinski definition) is 4. The van der Waals surface area contributed by atoms with E-state index in [2.05, 4.69) is 14.5 Å². The van der Waals surface area contributed by atoms with Crippen LogP contribution in [0.1, 0.15) is 22.3 Å². The van der Waals surface area contributed by atoms with Gasteiger partial charge in [-0.2, -0.15) is 0 Å². The van der Waals surface area contributed by atoms with Crippen LogP contribution in [0.2, 0.25) is 0 Å². The number of halogens is 6. The molecule has 0 unspecified atom stereocenters. The van der Waals surface area contributed by atoms with Gasteiger partial charge in [-0.1, -0.05) is 0 Å². The Kier molecular flexibility index (Phi) is 4.22. The summed E-state index contributed by atoms with van der Waals surface area (Å²) >= 11 is 0. The molecular formula is C9H5F6NO3. The van der Waals surface area contributed by atoms with Crippen LogP contribution in [-0.2, 0) is 4.74 Å². The van der Waals surface area contributed by atoms with Crippen LogP contribution in [-0.4, -0.2) is 24.4 Å². The number of carbonyl (C=O) groups excluding carboxylic acids is 1. The van der Waals surface area contributed by atoms with Crippen molar-refractivity contribution in [3.63, 3.8) is 0 Å². The zero-order valence-corrected chi connectivity index (χ0v) is 9.09. The first-order chi connectivity index (χ1) is 8.67. The Morgan fingerprint density at radius 2 is 1.95 bits per heavy atom. The maximum Gasteiger partial charge on any atom is 0.574 e. The molecule has 1 aromatic rings. The Hall–Kier alpha value is -2.00. The normalized spacial score (nSPS) is 11.6. The highest BCUT2D eigenvalue weighted by atomic mass is 19.4. The second-order valence-corrected chi connectivity index (χ2v) is 3.04. The minimum absolute atomic E-state index is 0.314. The highest BCUT2D eigenvalue weighted by molar-refractivity contribution is 5.89. The van der Waals surface area contributed by atoms with Gasteiger partial charge < -0.3 is 9.47 Å². The fourth-order valence-electron chi connectivity index (χ4n) is 1.12. The van der Waals surface area contributed by atoms with Crippen molar-refractivity contribution in [2.24, 2.45) is 0 Å². The number of methoxy groups -OCH3 is 1. The van der Waals surface area contributed by atoms with Gasteiger partial charge in [0.05, 0.1) is 7.11 Å². The largest absolute Gasteiger partial charge is 0.574 e. The predicted octanol–water partition coefficient (Wildman–Crippen LogP) is 2.84. The summed E-state index contributed by atoms with van der Waals surface area (Å²) in [5.41, 5.74) is -2.78. The van der Waals surface area contributed by atoms with Gasteiger partial charge in [0.15, 0.2) is 5.82 Å². The van der Waals surface area contributed by atoms with E-state index in [1.165, 1.54) is 0 Å². The van der Waals surface area contributed by atoms with Crippen molar-refractivity contribution in [3.05, 3.63) is 23.1 Å². The van der Waals surface area contributed by atoms with E-state index in [9.17, 15) is 31.1 Å². The molecule has 10 heteroatoms. The third-order valence-corrected chi connectivity index (χ3v) is 1.85. The van der Waals surface area contributed by atoms with E-state index >= 15 is 0 Å². The highest BCUT2D eigenvalue weighted by Gasteiger charge is 2.36. The molecule has 0 aliphatic heterocycles. The summed E-state index contributed by atoms with van der Waals surface area (Å²) in [4.78, 5) is 13.8. The molecule has 0 bridgehead atoms. The first kappa shape index (κ1) is 15.1. The van der Waals surface area contributed by atoms with Crippen LogP contribution < -0.4 is 4.74 Å². The van der Waals surface area contributed by atoms with Crippen molar-refractivity contribution in [3.8, 4) is 5.88 Å². The number of aromatic nitrogens is 1.